The van der Waals surface area contributed by atoms with Crippen molar-refractivity contribution in [1.82, 2.24) is 0 Å². The summed E-state index contributed by atoms with van der Waals surface area (Å²) < 4.78 is 4.85. The molecule has 0 atom stereocenters. The molecule has 138 valence electrons. The number of hydrogen-bond acceptors (Lipinski definition) is 2. The van der Waals surface area contributed by atoms with Crippen LogP contribution in [0.25, 0.3) is 0 Å². The third kappa shape index (κ3) is 18.7. The summed E-state index contributed by atoms with van der Waals surface area (Å²) >= 11 is 0. The Bertz CT molecular complexity index is 353. The minimum atomic E-state index is -0.158. The topological polar surface area (TPSA) is 26.3 Å². The smallest absolute Gasteiger partial charge is 0.309 e. The second-order valence-corrected chi connectivity index (χ2v) is 6.18. The molecule has 0 aromatic heterocycles. The summed E-state index contributed by atoms with van der Waals surface area (Å²) in [5, 5.41) is 0. The van der Waals surface area contributed by atoms with Crippen molar-refractivity contribution in [1.29, 1.82) is 0 Å². The van der Waals surface area contributed by atoms with E-state index in [4.69, 9.17) is 4.74 Å². The molecule has 0 aromatic carbocycles. The molecule has 0 aromatic rings. The fourth-order valence-corrected chi connectivity index (χ4v) is 2.44. The third-order valence-corrected chi connectivity index (χ3v) is 3.86. The molecule has 0 aliphatic carbocycles. The van der Waals surface area contributed by atoms with Gasteiger partial charge < -0.3 is 4.74 Å². The number of allylic oxidation sites excluding steroid dienone is 5. The molecule has 0 amide bonds. The van der Waals surface area contributed by atoms with Gasteiger partial charge in [0.2, 0.25) is 0 Å². The first-order valence-electron chi connectivity index (χ1n) is 9.93. The lowest BCUT2D eigenvalue weighted by atomic mass is 10.1. The number of ether oxygens (including phenoxy) is 1. The molecule has 2 nitrogen and oxygen atoms in total. The summed E-state index contributed by atoms with van der Waals surface area (Å²) in [5.74, 6) is -0.158. The first kappa shape index (κ1) is 22.7. The van der Waals surface area contributed by atoms with E-state index in [1.807, 2.05) is 25.2 Å². The number of rotatable bonds is 16. The van der Waals surface area contributed by atoms with E-state index in [-0.39, 0.29) is 5.97 Å². The molecule has 2 heteroatoms. The summed E-state index contributed by atoms with van der Waals surface area (Å²) in [6, 6.07) is 0. The predicted octanol–water partition coefficient (Wildman–Crippen LogP) is 6.92. The lowest BCUT2D eigenvalue weighted by Gasteiger charge is -1.97. The molecule has 24 heavy (non-hydrogen) atoms. The fourth-order valence-electron chi connectivity index (χ4n) is 2.44. The van der Waals surface area contributed by atoms with Crippen LogP contribution >= 0.6 is 0 Å². The van der Waals surface area contributed by atoms with Crippen LogP contribution in [0.1, 0.15) is 90.9 Å². The quantitative estimate of drug-likeness (QED) is 0.132. The molecule has 0 spiro atoms. The van der Waals surface area contributed by atoms with Crippen molar-refractivity contribution in [3.05, 3.63) is 36.5 Å². The molecule has 0 radical (unpaired) electrons. The van der Waals surface area contributed by atoms with Crippen molar-refractivity contribution in [2.75, 3.05) is 6.61 Å². The van der Waals surface area contributed by atoms with E-state index in [9.17, 15) is 4.79 Å². The van der Waals surface area contributed by atoms with Crippen molar-refractivity contribution < 1.29 is 9.53 Å². The summed E-state index contributed by atoms with van der Waals surface area (Å²) in [7, 11) is 0. The van der Waals surface area contributed by atoms with Crippen molar-refractivity contribution >= 4 is 5.97 Å². The van der Waals surface area contributed by atoms with Gasteiger partial charge in [-0.1, -0.05) is 75.5 Å². The zero-order valence-electron chi connectivity index (χ0n) is 16.0. The van der Waals surface area contributed by atoms with Crippen LogP contribution < -0.4 is 0 Å². The van der Waals surface area contributed by atoms with Gasteiger partial charge in [0.05, 0.1) is 13.0 Å². The summed E-state index contributed by atoms with van der Waals surface area (Å²) in [6.07, 6.45) is 27.3. The standard InChI is InChI=1S/C22H38O2/c1-3-5-6-7-8-9-10-11-12-13-14-15-16-17-18-19-20-21-22(23)24-4-2/h11-12,17-20H,3-10,13-16,21H2,1-2H3. The molecule has 0 N–H and O–H groups in total. The van der Waals surface area contributed by atoms with Gasteiger partial charge in [-0.15, -0.1) is 0 Å². The van der Waals surface area contributed by atoms with Crippen LogP contribution in [0.2, 0.25) is 0 Å². The first-order valence-corrected chi connectivity index (χ1v) is 9.93. The Kier molecular flexibility index (Phi) is 18.7. The zero-order chi connectivity index (χ0) is 17.7. The minimum Gasteiger partial charge on any atom is -0.466 e. The summed E-state index contributed by atoms with van der Waals surface area (Å²) in [5.41, 5.74) is 0. The molecule has 0 rings (SSSR count). The highest BCUT2D eigenvalue weighted by molar-refractivity contribution is 5.71. The SMILES string of the molecule is CCCCCCCCC=CCCCCC=CC=CCC(=O)OCC. The lowest BCUT2D eigenvalue weighted by Crippen LogP contribution is -2.01. The molecule has 0 heterocycles. The Hall–Kier alpha value is -1.31. The van der Waals surface area contributed by atoms with Crippen LogP contribution in [0.4, 0.5) is 0 Å². The van der Waals surface area contributed by atoms with Crippen molar-refractivity contribution in [3.63, 3.8) is 0 Å². The number of carbonyl (C=O) groups is 1. The van der Waals surface area contributed by atoms with Crippen molar-refractivity contribution in [3.8, 4) is 0 Å². The zero-order valence-corrected chi connectivity index (χ0v) is 16.0. The maximum Gasteiger partial charge on any atom is 0.309 e. The Morgan fingerprint density at radius 1 is 0.708 bits per heavy atom. The van der Waals surface area contributed by atoms with Crippen molar-refractivity contribution in [2.24, 2.45) is 0 Å². The molecular weight excluding hydrogens is 296 g/mol. The van der Waals surface area contributed by atoms with E-state index >= 15 is 0 Å². The monoisotopic (exact) mass is 334 g/mol. The Balaban J connectivity index is 3.32. The molecule has 0 fully saturated rings. The van der Waals surface area contributed by atoms with Gasteiger partial charge in [-0.2, -0.15) is 0 Å². The lowest BCUT2D eigenvalue weighted by molar-refractivity contribution is -0.142. The van der Waals surface area contributed by atoms with Crippen LogP contribution in [0.3, 0.4) is 0 Å². The fraction of sp³-hybridized carbons (Fsp3) is 0.682. The summed E-state index contributed by atoms with van der Waals surface area (Å²) in [4.78, 5) is 11.1. The number of esters is 1. The average Bonchev–Trinajstić information content (AvgIpc) is 2.58. The van der Waals surface area contributed by atoms with Gasteiger partial charge in [-0.3, -0.25) is 4.79 Å². The summed E-state index contributed by atoms with van der Waals surface area (Å²) in [6.45, 7) is 4.54. The molecule has 0 aliphatic heterocycles. The minimum absolute atomic E-state index is 0.158. The Morgan fingerprint density at radius 2 is 1.25 bits per heavy atom. The van der Waals surface area contributed by atoms with Crippen LogP contribution in [-0.4, -0.2) is 12.6 Å². The van der Waals surface area contributed by atoms with Gasteiger partial charge in [0, 0.05) is 0 Å². The molecule has 0 unspecified atom stereocenters. The second-order valence-electron chi connectivity index (χ2n) is 6.18. The van der Waals surface area contributed by atoms with E-state index in [1.54, 1.807) is 0 Å². The maximum atomic E-state index is 11.1. The molecular formula is C22H38O2. The van der Waals surface area contributed by atoms with Crippen molar-refractivity contribution in [2.45, 2.75) is 90.9 Å². The highest BCUT2D eigenvalue weighted by Gasteiger charge is 1.94. The van der Waals surface area contributed by atoms with Gasteiger partial charge in [-0.25, -0.2) is 0 Å². The molecule has 0 aliphatic rings. The van der Waals surface area contributed by atoms with E-state index in [0.29, 0.717) is 13.0 Å². The Morgan fingerprint density at radius 3 is 1.92 bits per heavy atom. The van der Waals surface area contributed by atoms with Gasteiger partial charge in [0.1, 0.15) is 0 Å². The van der Waals surface area contributed by atoms with Gasteiger partial charge in [-0.05, 0) is 45.4 Å². The van der Waals surface area contributed by atoms with Crippen LogP contribution in [0.5, 0.6) is 0 Å². The molecule has 0 saturated carbocycles. The first-order chi connectivity index (χ1) is 11.8. The largest absolute Gasteiger partial charge is 0.466 e. The van der Waals surface area contributed by atoms with Crippen LogP contribution in [-0.2, 0) is 9.53 Å². The van der Waals surface area contributed by atoms with E-state index in [1.165, 1.54) is 64.2 Å². The van der Waals surface area contributed by atoms with E-state index in [2.05, 4.69) is 25.2 Å². The van der Waals surface area contributed by atoms with Gasteiger partial charge in [0.15, 0.2) is 0 Å². The van der Waals surface area contributed by atoms with Crippen LogP contribution in [0, 0.1) is 0 Å². The molecule has 0 saturated heterocycles. The molecule has 0 bridgehead atoms. The van der Waals surface area contributed by atoms with E-state index < -0.39 is 0 Å². The number of unbranched alkanes of at least 4 members (excludes halogenated alkanes) is 9. The highest BCUT2D eigenvalue weighted by atomic mass is 16.5. The van der Waals surface area contributed by atoms with Gasteiger partial charge >= 0.3 is 5.97 Å². The van der Waals surface area contributed by atoms with E-state index in [0.717, 1.165) is 6.42 Å². The van der Waals surface area contributed by atoms with Gasteiger partial charge in [0.25, 0.3) is 0 Å². The number of hydrogen-bond donors (Lipinski definition) is 0. The Labute approximate surface area is 150 Å². The second kappa shape index (κ2) is 19.7. The predicted molar refractivity (Wildman–Crippen MR) is 105 cm³/mol. The van der Waals surface area contributed by atoms with Crippen LogP contribution in [0.15, 0.2) is 36.5 Å². The number of carbonyl (C=O) groups excluding carboxylic acids is 1. The average molecular weight is 335 g/mol. The highest BCUT2D eigenvalue weighted by Crippen LogP contribution is 2.08. The third-order valence-electron chi connectivity index (χ3n) is 3.86. The maximum absolute atomic E-state index is 11.1. The normalized spacial score (nSPS) is 11.9.